The molecule has 0 unspecified atom stereocenters. The molecule has 1 aliphatic heterocycles. The van der Waals surface area contributed by atoms with Crippen molar-refractivity contribution in [3.05, 3.63) is 22.4 Å². The predicted molar refractivity (Wildman–Crippen MR) is 126 cm³/mol. The van der Waals surface area contributed by atoms with Gasteiger partial charge in [-0.15, -0.1) is 35.3 Å². The first kappa shape index (κ1) is 24.6. The van der Waals surface area contributed by atoms with Crippen molar-refractivity contribution in [1.29, 1.82) is 0 Å². The summed E-state index contributed by atoms with van der Waals surface area (Å²) in [6.45, 7) is 10.8. The number of nitrogens with one attached hydrogen (secondary N) is 2. The van der Waals surface area contributed by atoms with Crippen LogP contribution in [0.2, 0.25) is 0 Å². The van der Waals surface area contributed by atoms with Gasteiger partial charge in [-0.3, -0.25) is 4.99 Å². The fourth-order valence-corrected chi connectivity index (χ4v) is 4.97. The normalized spacial score (nSPS) is 17.4. The minimum absolute atomic E-state index is 0. The summed E-state index contributed by atoms with van der Waals surface area (Å²) in [5, 5.41) is 8.90. The van der Waals surface area contributed by atoms with Gasteiger partial charge >= 0.3 is 0 Å². The van der Waals surface area contributed by atoms with Crippen LogP contribution in [0.5, 0.6) is 0 Å². The first-order valence-electron chi connectivity index (χ1n) is 9.35. The van der Waals surface area contributed by atoms with Crippen LogP contribution in [-0.2, 0) is 15.4 Å². The standard InChI is InChI=1S/C18H32N4O2S2.HI/c1-5-19-17(20-14-18(3,4)16-8-7-13-25-16)21-15-9-11-22(12-10-15)26(23,24)6-2;/h7-8,13,15H,5-6,9-12,14H2,1-4H3,(H2,19,20,21);1H. The topological polar surface area (TPSA) is 73.8 Å². The second kappa shape index (κ2) is 11.0. The van der Waals surface area contributed by atoms with Crippen molar-refractivity contribution in [2.75, 3.05) is 31.9 Å². The van der Waals surface area contributed by atoms with Gasteiger partial charge in [-0.2, -0.15) is 0 Å². The molecule has 6 nitrogen and oxygen atoms in total. The highest BCUT2D eigenvalue weighted by Crippen LogP contribution is 2.27. The fourth-order valence-electron chi connectivity index (χ4n) is 2.99. The molecule has 1 fully saturated rings. The van der Waals surface area contributed by atoms with Gasteiger partial charge in [0.2, 0.25) is 10.0 Å². The molecule has 156 valence electrons. The average molecular weight is 529 g/mol. The average Bonchev–Trinajstić information content (AvgIpc) is 3.16. The lowest BCUT2D eigenvalue weighted by Gasteiger charge is -2.32. The lowest BCUT2D eigenvalue weighted by Crippen LogP contribution is -2.50. The SMILES string of the molecule is CCNC(=NCC(C)(C)c1cccs1)NC1CCN(S(=O)(=O)CC)CC1.I. The van der Waals surface area contributed by atoms with Crippen molar-refractivity contribution in [1.82, 2.24) is 14.9 Å². The zero-order valence-electron chi connectivity index (χ0n) is 16.7. The lowest BCUT2D eigenvalue weighted by molar-refractivity contribution is 0.306. The fraction of sp³-hybridized carbons (Fsp3) is 0.722. The maximum absolute atomic E-state index is 12.0. The third-order valence-electron chi connectivity index (χ3n) is 4.72. The molecule has 1 aromatic heterocycles. The summed E-state index contributed by atoms with van der Waals surface area (Å²) in [7, 11) is -3.08. The van der Waals surface area contributed by atoms with Crippen molar-refractivity contribution in [2.24, 2.45) is 4.99 Å². The number of nitrogens with zero attached hydrogens (tertiary/aromatic N) is 2. The van der Waals surface area contributed by atoms with Crippen molar-refractivity contribution >= 4 is 51.3 Å². The molecule has 1 saturated heterocycles. The molecule has 0 radical (unpaired) electrons. The number of sulfonamides is 1. The van der Waals surface area contributed by atoms with Crippen molar-refractivity contribution in [3.8, 4) is 0 Å². The van der Waals surface area contributed by atoms with E-state index in [2.05, 4.69) is 48.9 Å². The highest BCUT2D eigenvalue weighted by atomic mass is 127. The van der Waals surface area contributed by atoms with Crippen LogP contribution in [0.4, 0.5) is 0 Å². The minimum Gasteiger partial charge on any atom is -0.357 e. The van der Waals surface area contributed by atoms with E-state index in [-0.39, 0.29) is 41.2 Å². The highest BCUT2D eigenvalue weighted by molar-refractivity contribution is 14.0. The molecule has 0 aromatic carbocycles. The Balaban J connectivity index is 0.00000364. The number of aliphatic imine (C=N–C) groups is 1. The Kier molecular flexibility index (Phi) is 10.0. The zero-order valence-corrected chi connectivity index (χ0v) is 20.7. The minimum atomic E-state index is -3.08. The molecular formula is C18H33IN4O2S2. The summed E-state index contributed by atoms with van der Waals surface area (Å²) in [6.07, 6.45) is 1.61. The van der Waals surface area contributed by atoms with Gasteiger partial charge < -0.3 is 10.6 Å². The van der Waals surface area contributed by atoms with Crippen LogP contribution in [0.3, 0.4) is 0 Å². The van der Waals surface area contributed by atoms with E-state index in [0.29, 0.717) is 19.6 Å². The van der Waals surface area contributed by atoms with Crippen LogP contribution >= 0.6 is 35.3 Å². The van der Waals surface area contributed by atoms with Crippen molar-refractivity contribution < 1.29 is 8.42 Å². The molecule has 0 atom stereocenters. The van der Waals surface area contributed by atoms with E-state index in [0.717, 1.165) is 25.3 Å². The van der Waals surface area contributed by atoms with Gasteiger partial charge in [-0.05, 0) is 38.1 Å². The molecular weight excluding hydrogens is 495 g/mol. The number of rotatable bonds is 7. The largest absolute Gasteiger partial charge is 0.357 e. The Labute approximate surface area is 185 Å². The summed E-state index contributed by atoms with van der Waals surface area (Å²) in [5.74, 6) is 0.987. The van der Waals surface area contributed by atoms with Crippen LogP contribution in [0.1, 0.15) is 45.4 Å². The summed E-state index contributed by atoms with van der Waals surface area (Å²) in [6, 6.07) is 4.48. The first-order chi connectivity index (χ1) is 12.3. The smallest absolute Gasteiger partial charge is 0.213 e. The first-order valence-corrected chi connectivity index (χ1v) is 11.8. The van der Waals surface area contributed by atoms with Gasteiger partial charge in [0.15, 0.2) is 5.96 Å². The van der Waals surface area contributed by atoms with E-state index in [4.69, 9.17) is 4.99 Å². The van der Waals surface area contributed by atoms with E-state index in [9.17, 15) is 8.42 Å². The summed E-state index contributed by atoms with van der Waals surface area (Å²) >= 11 is 1.76. The Morgan fingerprint density at radius 1 is 1.33 bits per heavy atom. The van der Waals surface area contributed by atoms with E-state index in [1.165, 1.54) is 4.88 Å². The number of thiophene rings is 1. The monoisotopic (exact) mass is 528 g/mol. The van der Waals surface area contributed by atoms with E-state index >= 15 is 0 Å². The van der Waals surface area contributed by atoms with Gasteiger partial charge in [0.1, 0.15) is 0 Å². The van der Waals surface area contributed by atoms with Crippen LogP contribution in [0.25, 0.3) is 0 Å². The molecule has 0 aliphatic carbocycles. The second-order valence-electron chi connectivity index (χ2n) is 7.27. The Hall–Kier alpha value is -0.390. The zero-order chi connectivity index (χ0) is 19.2. The molecule has 27 heavy (non-hydrogen) atoms. The molecule has 0 amide bonds. The third-order valence-corrected chi connectivity index (χ3v) is 7.84. The summed E-state index contributed by atoms with van der Waals surface area (Å²) in [4.78, 5) is 6.12. The van der Waals surface area contributed by atoms with E-state index in [1.54, 1.807) is 22.6 Å². The Bertz CT molecular complexity index is 682. The molecule has 1 aliphatic rings. The van der Waals surface area contributed by atoms with E-state index in [1.807, 2.05) is 0 Å². The molecule has 2 N–H and O–H groups in total. The second-order valence-corrected chi connectivity index (χ2v) is 10.5. The van der Waals surface area contributed by atoms with Gasteiger partial charge in [-0.25, -0.2) is 12.7 Å². The number of hydrogen-bond donors (Lipinski definition) is 2. The van der Waals surface area contributed by atoms with Crippen LogP contribution in [0.15, 0.2) is 22.5 Å². The van der Waals surface area contributed by atoms with Gasteiger partial charge in [0.05, 0.1) is 12.3 Å². The van der Waals surface area contributed by atoms with Gasteiger partial charge in [0.25, 0.3) is 0 Å². The summed E-state index contributed by atoms with van der Waals surface area (Å²) in [5.41, 5.74) is -0.00487. The lowest BCUT2D eigenvalue weighted by atomic mass is 9.92. The molecule has 2 heterocycles. The Morgan fingerprint density at radius 2 is 2.00 bits per heavy atom. The van der Waals surface area contributed by atoms with Crippen LogP contribution in [0, 0.1) is 0 Å². The number of piperidine rings is 1. The quantitative estimate of drug-likeness (QED) is 0.324. The van der Waals surface area contributed by atoms with Gasteiger partial charge in [0, 0.05) is 36.0 Å². The molecule has 0 bridgehead atoms. The predicted octanol–water partition coefficient (Wildman–Crippen LogP) is 3.01. The summed E-state index contributed by atoms with van der Waals surface area (Å²) < 4.78 is 25.6. The van der Waals surface area contributed by atoms with E-state index < -0.39 is 10.0 Å². The Morgan fingerprint density at radius 3 is 2.52 bits per heavy atom. The third kappa shape index (κ3) is 7.17. The van der Waals surface area contributed by atoms with Crippen LogP contribution in [-0.4, -0.2) is 56.7 Å². The number of halogens is 1. The number of guanidine groups is 1. The molecule has 0 spiro atoms. The van der Waals surface area contributed by atoms with Gasteiger partial charge in [-0.1, -0.05) is 19.9 Å². The van der Waals surface area contributed by atoms with Crippen LogP contribution < -0.4 is 10.6 Å². The molecule has 2 rings (SSSR count). The molecule has 0 saturated carbocycles. The molecule has 1 aromatic rings. The highest BCUT2D eigenvalue weighted by Gasteiger charge is 2.27. The van der Waals surface area contributed by atoms with Crippen molar-refractivity contribution in [2.45, 2.75) is 52.0 Å². The maximum atomic E-state index is 12.0. The maximum Gasteiger partial charge on any atom is 0.213 e. The number of hydrogen-bond acceptors (Lipinski definition) is 4. The molecule has 9 heteroatoms. The van der Waals surface area contributed by atoms with Crippen molar-refractivity contribution in [3.63, 3.8) is 0 Å².